The third kappa shape index (κ3) is 5.68. The highest BCUT2D eigenvalue weighted by Crippen LogP contribution is 2.28. The number of likely N-dealkylation sites (tertiary alicyclic amines) is 1. The van der Waals surface area contributed by atoms with Crippen LogP contribution in [0.3, 0.4) is 0 Å². The lowest BCUT2D eigenvalue weighted by atomic mass is 9.93. The first-order valence-corrected chi connectivity index (χ1v) is 8.72. The van der Waals surface area contributed by atoms with Gasteiger partial charge in [0.2, 0.25) is 5.91 Å². The van der Waals surface area contributed by atoms with Crippen LogP contribution < -0.4 is 5.32 Å². The Bertz CT molecular complexity index is 428. The molecular weight excluding hydrogens is 292 g/mol. The average molecular weight is 324 g/mol. The molecular formula is C17H32N4O2. The largest absolute Gasteiger partial charge is 0.376 e. The second kappa shape index (κ2) is 7.99. The summed E-state index contributed by atoms with van der Waals surface area (Å²) in [6.07, 6.45) is 4.90. The van der Waals surface area contributed by atoms with Crippen LogP contribution in [0.1, 0.15) is 39.5 Å². The Labute approximate surface area is 140 Å². The highest BCUT2D eigenvalue weighted by molar-refractivity contribution is 5.85. The fourth-order valence-corrected chi connectivity index (χ4v) is 3.02. The van der Waals surface area contributed by atoms with Crippen LogP contribution >= 0.6 is 0 Å². The summed E-state index contributed by atoms with van der Waals surface area (Å²) >= 11 is 0. The summed E-state index contributed by atoms with van der Waals surface area (Å²) in [4.78, 5) is 20.3. The second-order valence-electron chi connectivity index (χ2n) is 7.63. The van der Waals surface area contributed by atoms with E-state index in [0.29, 0.717) is 5.41 Å². The van der Waals surface area contributed by atoms with Gasteiger partial charge in [0.1, 0.15) is 6.54 Å². The number of carbonyl (C=O) groups excluding carboxylic acids is 1. The van der Waals surface area contributed by atoms with Crippen LogP contribution in [-0.2, 0) is 9.53 Å². The molecule has 1 atom stereocenters. The van der Waals surface area contributed by atoms with Gasteiger partial charge in [-0.05, 0) is 31.1 Å². The van der Waals surface area contributed by atoms with E-state index in [9.17, 15) is 4.79 Å². The maximum absolute atomic E-state index is 11.8. The fourth-order valence-electron chi connectivity index (χ4n) is 3.02. The van der Waals surface area contributed by atoms with E-state index in [-0.39, 0.29) is 18.6 Å². The zero-order valence-electron chi connectivity index (χ0n) is 15.1. The van der Waals surface area contributed by atoms with Crippen LogP contribution in [0.15, 0.2) is 4.99 Å². The molecule has 6 heteroatoms. The predicted octanol–water partition coefficient (Wildman–Crippen LogP) is 1.32. The smallest absolute Gasteiger partial charge is 0.243 e. The lowest BCUT2D eigenvalue weighted by molar-refractivity contribution is -0.127. The number of nitrogens with one attached hydrogen (secondary N) is 1. The van der Waals surface area contributed by atoms with Crippen molar-refractivity contribution in [1.29, 1.82) is 0 Å². The van der Waals surface area contributed by atoms with Gasteiger partial charge in [0.15, 0.2) is 5.96 Å². The number of hydrogen-bond donors (Lipinski definition) is 1. The van der Waals surface area contributed by atoms with Gasteiger partial charge < -0.3 is 19.9 Å². The number of nitrogens with zero attached hydrogens (tertiary/aromatic N) is 3. The maximum Gasteiger partial charge on any atom is 0.243 e. The topological polar surface area (TPSA) is 57.2 Å². The van der Waals surface area contributed by atoms with Gasteiger partial charge in [0, 0.05) is 40.3 Å². The molecule has 2 fully saturated rings. The molecule has 2 aliphatic rings. The minimum Gasteiger partial charge on any atom is -0.376 e. The molecule has 2 saturated heterocycles. The summed E-state index contributed by atoms with van der Waals surface area (Å²) in [7, 11) is 3.53. The molecule has 132 valence electrons. The Kier molecular flexibility index (Phi) is 6.27. The van der Waals surface area contributed by atoms with Crippen molar-refractivity contribution < 1.29 is 9.53 Å². The molecule has 1 N–H and O–H groups in total. The van der Waals surface area contributed by atoms with Crippen molar-refractivity contribution in [2.45, 2.75) is 45.6 Å². The van der Waals surface area contributed by atoms with E-state index in [1.807, 2.05) is 0 Å². The van der Waals surface area contributed by atoms with Gasteiger partial charge in [-0.1, -0.05) is 13.8 Å². The molecule has 2 rings (SSSR count). The Morgan fingerprint density at radius 2 is 2.17 bits per heavy atom. The Morgan fingerprint density at radius 1 is 1.39 bits per heavy atom. The summed E-state index contributed by atoms with van der Waals surface area (Å²) in [5.41, 5.74) is 0.301. The normalized spacial score (nSPS) is 24.6. The van der Waals surface area contributed by atoms with E-state index in [4.69, 9.17) is 4.74 Å². The molecule has 0 unspecified atom stereocenters. The van der Waals surface area contributed by atoms with Gasteiger partial charge in [-0.15, -0.1) is 0 Å². The number of likely N-dealkylation sites (N-methyl/N-ethyl adjacent to an activating group) is 1. The zero-order chi connectivity index (χ0) is 16.9. The van der Waals surface area contributed by atoms with E-state index < -0.39 is 0 Å². The summed E-state index contributed by atoms with van der Waals surface area (Å²) in [6, 6.07) is 0. The number of amides is 1. The van der Waals surface area contributed by atoms with E-state index in [1.165, 1.54) is 6.42 Å². The Morgan fingerprint density at radius 3 is 2.74 bits per heavy atom. The van der Waals surface area contributed by atoms with E-state index >= 15 is 0 Å². The molecule has 0 radical (unpaired) electrons. The monoisotopic (exact) mass is 324 g/mol. The molecule has 0 aromatic rings. The lowest BCUT2D eigenvalue weighted by Gasteiger charge is -2.27. The average Bonchev–Trinajstić information content (AvgIpc) is 2.88. The van der Waals surface area contributed by atoms with E-state index in [1.54, 1.807) is 19.0 Å². The molecule has 1 amide bonds. The van der Waals surface area contributed by atoms with Crippen LogP contribution in [-0.4, -0.2) is 74.7 Å². The van der Waals surface area contributed by atoms with Gasteiger partial charge in [0.05, 0.1) is 6.10 Å². The molecule has 2 aliphatic heterocycles. The summed E-state index contributed by atoms with van der Waals surface area (Å²) in [5, 5.41) is 3.44. The highest BCUT2D eigenvalue weighted by atomic mass is 16.5. The molecule has 2 heterocycles. The van der Waals surface area contributed by atoms with Gasteiger partial charge >= 0.3 is 0 Å². The molecule has 6 nitrogen and oxygen atoms in total. The quantitative estimate of drug-likeness (QED) is 0.626. The number of aliphatic imine (C=N–C) groups is 1. The first-order chi connectivity index (χ1) is 10.9. The van der Waals surface area contributed by atoms with Crippen molar-refractivity contribution in [3.8, 4) is 0 Å². The molecule has 0 spiro atoms. The number of ether oxygens (including phenoxy) is 1. The lowest BCUT2D eigenvalue weighted by Crippen LogP contribution is -2.45. The van der Waals surface area contributed by atoms with Crippen molar-refractivity contribution in [2.75, 3.05) is 46.9 Å². The van der Waals surface area contributed by atoms with Gasteiger partial charge in [-0.2, -0.15) is 0 Å². The van der Waals surface area contributed by atoms with Crippen LogP contribution in [0, 0.1) is 5.41 Å². The predicted molar refractivity (Wildman–Crippen MR) is 92.6 cm³/mol. The van der Waals surface area contributed by atoms with E-state index in [0.717, 1.165) is 51.5 Å². The number of rotatable bonds is 4. The fraction of sp³-hybridized carbons (Fsp3) is 0.882. The molecule has 0 bridgehead atoms. The van der Waals surface area contributed by atoms with Crippen molar-refractivity contribution >= 4 is 11.9 Å². The van der Waals surface area contributed by atoms with Gasteiger partial charge in [-0.3, -0.25) is 4.79 Å². The first kappa shape index (κ1) is 18.0. The SMILES string of the molecule is CN(C)C(=O)CN=C(NC[C@@H]1CCCCO1)N1CCC(C)(C)C1. The van der Waals surface area contributed by atoms with Crippen LogP contribution in [0.4, 0.5) is 0 Å². The van der Waals surface area contributed by atoms with Crippen molar-refractivity contribution in [3.63, 3.8) is 0 Å². The molecule has 23 heavy (non-hydrogen) atoms. The Balaban J connectivity index is 1.95. The molecule has 0 aromatic heterocycles. The van der Waals surface area contributed by atoms with Crippen molar-refractivity contribution in [3.05, 3.63) is 0 Å². The standard InChI is InChI=1S/C17H32N4O2/c1-17(2)8-9-21(13-17)16(19-12-15(22)20(3)4)18-11-14-7-5-6-10-23-14/h14H,5-13H2,1-4H3,(H,18,19)/t14-/m0/s1. The zero-order valence-corrected chi connectivity index (χ0v) is 15.1. The number of carbonyl (C=O) groups is 1. The van der Waals surface area contributed by atoms with Gasteiger partial charge in [-0.25, -0.2) is 4.99 Å². The Hall–Kier alpha value is -1.30. The third-order valence-corrected chi connectivity index (χ3v) is 4.60. The molecule has 0 aliphatic carbocycles. The minimum atomic E-state index is 0.0247. The first-order valence-electron chi connectivity index (χ1n) is 8.72. The van der Waals surface area contributed by atoms with Crippen LogP contribution in [0.2, 0.25) is 0 Å². The highest BCUT2D eigenvalue weighted by Gasteiger charge is 2.31. The number of guanidine groups is 1. The van der Waals surface area contributed by atoms with Crippen LogP contribution in [0.5, 0.6) is 0 Å². The molecule has 0 saturated carbocycles. The van der Waals surface area contributed by atoms with E-state index in [2.05, 4.69) is 29.1 Å². The molecule has 0 aromatic carbocycles. The summed E-state index contributed by atoms with van der Waals surface area (Å²) < 4.78 is 5.78. The third-order valence-electron chi connectivity index (χ3n) is 4.60. The summed E-state index contributed by atoms with van der Waals surface area (Å²) in [6.45, 7) is 8.33. The van der Waals surface area contributed by atoms with Crippen molar-refractivity contribution in [2.24, 2.45) is 10.4 Å². The van der Waals surface area contributed by atoms with Crippen molar-refractivity contribution in [1.82, 2.24) is 15.1 Å². The maximum atomic E-state index is 11.8. The van der Waals surface area contributed by atoms with Crippen LogP contribution in [0.25, 0.3) is 0 Å². The second-order valence-corrected chi connectivity index (χ2v) is 7.63. The number of hydrogen-bond acceptors (Lipinski definition) is 3. The minimum absolute atomic E-state index is 0.0247. The van der Waals surface area contributed by atoms with Gasteiger partial charge in [0.25, 0.3) is 0 Å². The summed E-state index contributed by atoms with van der Waals surface area (Å²) in [5.74, 6) is 0.872.